The highest BCUT2D eigenvalue weighted by atomic mass is 16.4. The number of aromatic nitrogens is 2. The van der Waals surface area contributed by atoms with Crippen LogP contribution in [-0.2, 0) is 0 Å². The van der Waals surface area contributed by atoms with Gasteiger partial charge in [0.15, 0.2) is 5.69 Å². The Morgan fingerprint density at radius 2 is 2.19 bits per heavy atom. The molecule has 1 heterocycles. The Hall–Kier alpha value is -1.69. The first kappa shape index (κ1) is 12.4. The number of aromatic carboxylic acids is 1. The highest BCUT2D eigenvalue weighted by Crippen LogP contribution is 2.09. The highest BCUT2D eigenvalue weighted by Gasteiger charge is 2.13. The van der Waals surface area contributed by atoms with Crippen molar-refractivity contribution >= 4 is 11.8 Å². The van der Waals surface area contributed by atoms with Crippen LogP contribution in [0.5, 0.6) is 0 Å². The van der Waals surface area contributed by atoms with Crippen LogP contribution in [0, 0.1) is 5.92 Å². The van der Waals surface area contributed by atoms with Crippen LogP contribution in [0.25, 0.3) is 0 Å². The maximum atomic E-state index is 10.7. The van der Waals surface area contributed by atoms with Crippen molar-refractivity contribution in [1.29, 1.82) is 0 Å². The van der Waals surface area contributed by atoms with E-state index in [0.717, 1.165) is 0 Å². The minimum atomic E-state index is -1.12. The third kappa shape index (κ3) is 3.16. The summed E-state index contributed by atoms with van der Waals surface area (Å²) < 4.78 is 0. The lowest BCUT2D eigenvalue weighted by atomic mass is 10.1. The number of aliphatic hydroxyl groups is 1. The number of anilines is 1. The summed E-state index contributed by atoms with van der Waals surface area (Å²) in [5.74, 6) is -0.561. The molecule has 0 aliphatic carbocycles. The second-order valence-corrected chi connectivity index (χ2v) is 3.77. The van der Waals surface area contributed by atoms with Crippen LogP contribution in [0.3, 0.4) is 0 Å². The van der Waals surface area contributed by atoms with Crippen LogP contribution >= 0.6 is 0 Å². The largest absolute Gasteiger partial charge is 0.476 e. The van der Waals surface area contributed by atoms with E-state index < -0.39 is 5.97 Å². The molecule has 1 aromatic heterocycles. The molecule has 0 saturated heterocycles. The second-order valence-electron chi connectivity index (χ2n) is 3.77. The van der Waals surface area contributed by atoms with Gasteiger partial charge in [0.1, 0.15) is 5.82 Å². The average Bonchev–Trinajstić information content (AvgIpc) is 2.25. The van der Waals surface area contributed by atoms with Crippen molar-refractivity contribution in [3.8, 4) is 0 Å². The zero-order chi connectivity index (χ0) is 12.1. The molecular formula is C10H15N3O3. The summed E-state index contributed by atoms with van der Waals surface area (Å²) in [6.45, 7) is 3.85. The van der Waals surface area contributed by atoms with Crippen molar-refractivity contribution in [1.82, 2.24) is 9.97 Å². The number of nitrogens with zero attached hydrogens (tertiary/aromatic N) is 2. The molecule has 88 valence electrons. The Balaban J connectivity index is 2.80. The van der Waals surface area contributed by atoms with Crippen molar-refractivity contribution in [3.63, 3.8) is 0 Å². The van der Waals surface area contributed by atoms with Gasteiger partial charge >= 0.3 is 5.97 Å². The molecule has 0 aromatic carbocycles. The van der Waals surface area contributed by atoms with Crippen LogP contribution in [0.15, 0.2) is 12.4 Å². The molecule has 1 rings (SSSR count). The first-order valence-corrected chi connectivity index (χ1v) is 4.97. The van der Waals surface area contributed by atoms with E-state index in [1.165, 1.54) is 12.4 Å². The van der Waals surface area contributed by atoms with Crippen molar-refractivity contribution in [2.24, 2.45) is 5.92 Å². The third-order valence-corrected chi connectivity index (χ3v) is 2.19. The number of carbonyl (C=O) groups is 1. The van der Waals surface area contributed by atoms with E-state index in [9.17, 15) is 4.79 Å². The van der Waals surface area contributed by atoms with E-state index in [1.54, 1.807) is 0 Å². The van der Waals surface area contributed by atoms with Gasteiger partial charge in [-0.3, -0.25) is 4.98 Å². The van der Waals surface area contributed by atoms with Gasteiger partial charge in [-0.2, -0.15) is 0 Å². The number of hydrogen-bond donors (Lipinski definition) is 3. The fourth-order valence-electron chi connectivity index (χ4n) is 1.15. The number of carboxylic acids is 1. The zero-order valence-corrected chi connectivity index (χ0v) is 9.21. The first-order chi connectivity index (χ1) is 7.54. The normalized spacial score (nSPS) is 12.5. The minimum absolute atomic E-state index is 0.0450. The number of carboxylic acid groups (broad SMARTS) is 1. The molecule has 0 bridgehead atoms. The molecule has 0 unspecified atom stereocenters. The van der Waals surface area contributed by atoms with Crippen molar-refractivity contribution in [2.45, 2.75) is 19.9 Å². The topological polar surface area (TPSA) is 95.3 Å². The average molecular weight is 225 g/mol. The van der Waals surface area contributed by atoms with Crippen LogP contribution in [0.1, 0.15) is 24.3 Å². The van der Waals surface area contributed by atoms with E-state index >= 15 is 0 Å². The minimum Gasteiger partial charge on any atom is -0.476 e. The molecule has 0 saturated carbocycles. The maximum Gasteiger partial charge on any atom is 0.356 e. The lowest BCUT2D eigenvalue weighted by Crippen LogP contribution is -2.30. The second kappa shape index (κ2) is 5.41. The lowest BCUT2D eigenvalue weighted by molar-refractivity contribution is 0.0690. The Kier molecular flexibility index (Phi) is 4.19. The molecule has 3 N–H and O–H groups in total. The van der Waals surface area contributed by atoms with Crippen molar-refractivity contribution in [2.75, 3.05) is 11.9 Å². The highest BCUT2D eigenvalue weighted by molar-refractivity contribution is 5.85. The van der Waals surface area contributed by atoms with Gasteiger partial charge in [-0.25, -0.2) is 9.78 Å². The van der Waals surface area contributed by atoms with Gasteiger partial charge in [-0.1, -0.05) is 13.8 Å². The smallest absolute Gasteiger partial charge is 0.356 e. The summed E-state index contributed by atoms with van der Waals surface area (Å²) in [7, 11) is 0. The molecule has 6 nitrogen and oxygen atoms in total. The third-order valence-electron chi connectivity index (χ3n) is 2.19. The molecule has 1 atom stereocenters. The summed E-state index contributed by atoms with van der Waals surface area (Å²) >= 11 is 0. The number of nitrogens with one attached hydrogen (secondary N) is 1. The van der Waals surface area contributed by atoms with Crippen LogP contribution in [0.4, 0.5) is 5.82 Å². The van der Waals surface area contributed by atoms with Gasteiger partial charge in [0.05, 0.1) is 25.0 Å². The quantitative estimate of drug-likeness (QED) is 0.679. The molecule has 1 aromatic rings. The Labute approximate surface area is 93.4 Å². The summed E-state index contributed by atoms with van der Waals surface area (Å²) in [5, 5.41) is 20.8. The van der Waals surface area contributed by atoms with E-state index in [4.69, 9.17) is 10.2 Å². The van der Waals surface area contributed by atoms with Crippen LogP contribution < -0.4 is 5.32 Å². The predicted molar refractivity (Wildman–Crippen MR) is 58.3 cm³/mol. The standard InChI is InChI=1S/C10H15N3O3/c1-6(2)8(5-14)13-9-4-11-3-7(12-9)10(15)16/h3-4,6,8,14H,5H2,1-2H3,(H,12,13)(H,15,16)/t8-/m1/s1. The Morgan fingerprint density at radius 3 is 2.69 bits per heavy atom. The van der Waals surface area contributed by atoms with E-state index in [2.05, 4.69) is 15.3 Å². The maximum absolute atomic E-state index is 10.7. The molecule has 0 aliphatic heterocycles. The SMILES string of the molecule is CC(C)[C@@H](CO)Nc1cncc(C(=O)O)n1. The molecule has 0 spiro atoms. The van der Waals surface area contributed by atoms with Gasteiger partial charge in [0.2, 0.25) is 0 Å². The summed E-state index contributed by atoms with van der Waals surface area (Å²) in [6, 6.07) is -0.168. The first-order valence-electron chi connectivity index (χ1n) is 4.97. The van der Waals surface area contributed by atoms with Crippen molar-refractivity contribution in [3.05, 3.63) is 18.1 Å². The molecule has 6 heteroatoms. The van der Waals surface area contributed by atoms with Crippen LogP contribution in [0.2, 0.25) is 0 Å². The van der Waals surface area contributed by atoms with Gasteiger partial charge in [-0.05, 0) is 5.92 Å². The summed E-state index contributed by atoms with van der Waals surface area (Å²) in [4.78, 5) is 18.3. The Morgan fingerprint density at radius 1 is 1.50 bits per heavy atom. The fraction of sp³-hybridized carbons (Fsp3) is 0.500. The molecule has 0 radical (unpaired) electrons. The molecule has 16 heavy (non-hydrogen) atoms. The number of rotatable bonds is 5. The van der Waals surface area contributed by atoms with E-state index in [1.807, 2.05) is 13.8 Å². The summed E-state index contributed by atoms with van der Waals surface area (Å²) in [5.41, 5.74) is -0.120. The monoisotopic (exact) mass is 225 g/mol. The van der Waals surface area contributed by atoms with E-state index in [-0.39, 0.29) is 24.3 Å². The Bertz CT molecular complexity index is 368. The van der Waals surface area contributed by atoms with Gasteiger partial charge < -0.3 is 15.5 Å². The van der Waals surface area contributed by atoms with Crippen molar-refractivity contribution < 1.29 is 15.0 Å². The zero-order valence-electron chi connectivity index (χ0n) is 9.21. The van der Waals surface area contributed by atoms with Gasteiger partial charge in [0, 0.05) is 0 Å². The van der Waals surface area contributed by atoms with Gasteiger partial charge in [0.25, 0.3) is 0 Å². The molecule has 0 fully saturated rings. The summed E-state index contributed by atoms with van der Waals surface area (Å²) in [6.07, 6.45) is 2.61. The fourth-order valence-corrected chi connectivity index (χ4v) is 1.15. The molecule has 0 aliphatic rings. The van der Waals surface area contributed by atoms with Gasteiger partial charge in [-0.15, -0.1) is 0 Å². The molecule has 0 amide bonds. The molecular weight excluding hydrogens is 210 g/mol. The lowest BCUT2D eigenvalue weighted by Gasteiger charge is -2.20. The van der Waals surface area contributed by atoms with Crippen LogP contribution in [-0.4, -0.2) is 38.8 Å². The number of hydrogen-bond acceptors (Lipinski definition) is 5. The number of aliphatic hydroxyl groups excluding tert-OH is 1. The predicted octanol–water partition coefficient (Wildman–Crippen LogP) is 0.604. The van der Waals surface area contributed by atoms with E-state index in [0.29, 0.717) is 5.82 Å².